The second-order valence-electron chi connectivity index (χ2n) is 4.01. The van der Waals surface area contributed by atoms with E-state index in [0.717, 1.165) is 12.1 Å². The lowest BCUT2D eigenvalue weighted by Crippen LogP contribution is -2.04. The van der Waals surface area contributed by atoms with Gasteiger partial charge in [-0.05, 0) is 36.2 Å². The molecule has 1 aromatic carbocycles. The fourth-order valence-corrected chi connectivity index (χ4v) is 1.86. The number of benzene rings is 1. The Labute approximate surface area is 116 Å². The Kier molecular flexibility index (Phi) is 4.02. The van der Waals surface area contributed by atoms with E-state index >= 15 is 0 Å². The van der Waals surface area contributed by atoms with Gasteiger partial charge in [0.1, 0.15) is 5.82 Å². The molecule has 0 saturated heterocycles. The number of halogens is 1. The van der Waals surface area contributed by atoms with Crippen LogP contribution in [-0.2, 0) is 6.42 Å². The van der Waals surface area contributed by atoms with E-state index in [1.807, 2.05) is 24.3 Å². The van der Waals surface area contributed by atoms with Crippen molar-refractivity contribution in [1.29, 1.82) is 0 Å². The molecule has 0 aliphatic heterocycles. The van der Waals surface area contributed by atoms with Gasteiger partial charge in [0.05, 0.1) is 5.02 Å². The van der Waals surface area contributed by atoms with Crippen molar-refractivity contribution < 1.29 is 9.90 Å². The predicted octanol–water partition coefficient (Wildman–Crippen LogP) is 3.74. The van der Waals surface area contributed by atoms with Crippen LogP contribution in [0.15, 0.2) is 36.4 Å². The Bertz CT molecular complexity index is 614. The van der Waals surface area contributed by atoms with E-state index in [9.17, 15) is 4.79 Å². The lowest BCUT2D eigenvalue weighted by atomic mass is 10.1. The predicted molar refractivity (Wildman–Crippen MR) is 75.3 cm³/mol. The number of aromatic nitrogens is 1. The standard InChI is InChI=1S/C14H13ClN2O2/c1-2-9-4-3-5-10(8-9)16-12-7-6-11(15)13(17-12)14(18)19/h3-8H,2H2,1H3,(H,16,17)(H,18,19). The average molecular weight is 277 g/mol. The molecule has 0 atom stereocenters. The molecule has 98 valence electrons. The summed E-state index contributed by atoms with van der Waals surface area (Å²) in [5.41, 5.74) is 1.90. The molecule has 4 nitrogen and oxygen atoms in total. The molecule has 2 N–H and O–H groups in total. The summed E-state index contributed by atoms with van der Waals surface area (Å²) in [6.45, 7) is 2.07. The molecule has 1 aromatic heterocycles. The summed E-state index contributed by atoms with van der Waals surface area (Å²) in [6.07, 6.45) is 0.934. The number of aromatic carboxylic acids is 1. The number of rotatable bonds is 4. The monoisotopic (exact) mass is 276 g/mol. The SMILES string of the molecule is CCc1cccc(Nc2ccc(Cl)c(C(=O)O)n2)c1. The van der Waals surface area contributed by atoms with Gasteiger partial charge in [-0.25, -0.2) is 9.78 Å². The number of carboxylic acid groups (broad SMARTS) is 1. The third-order valence-corrected chi connectivity index (χ3v) is 2.96. The fourth-order valence-electron chi connectivity index (χ4n) is 1.68. The van der Waals surface area contributed by atoms with E-state index in [0.29, 0.717) is 5.82 Å². The minimum Gasteiger partial charge on any atom is -0.476 e. The van der Waals surface area contributed by atoms with Gasteiger partial charge in [-0.2, -0.15) is 0 Å². The minimum atomic E-state index is -1.14. The van der Waals surface area contributed by atoms with Crippen molar-refractivity contribution in [1.82, 2.24) is 4.98 Å². The number of anilines is 2. The highest BCUT2D eigenvalue weighted by Crippen LogP contribution is 2.20. The van der Waals surface area contributed by atoms with Gasteiger partial charge in [0.15, 0.2) is 5.69 Å². The van der Waals surface area contributed by atoms with E-state index in [2.05, 4.69) is 17.2 Å². The quantitative estimate of drug-likeness (QED) is 0.893. The van der Waals surface area contributed by atoms with Crippen LogP contribution in [0.5, 0.6) is 0 Å². The summed E-state index contributed by atoms with van der Waals surface area (Å²) in [5, 5.41) is 12.2. The molecule has 0 saturated carbocycles. The highest BCUT2D eigenvalue weighted by Gasteiger charge is 2.11. The summed E-state index contributed by atoms with van der Waals surface area (Å²) in [5.74, 6) is -0.689. The van der Waals surface area contributed by atoms with Crippen molar-refractivity contribution in [2.75, 3.05) is 5.32 Å². The largest absolute Gasteiger partial charge is 0.476 e. The van der Waals surface area contributed by atoms with Crippen LogP contribution in [0.25, 0.3) is 0 Å². The number of nitrogens with zero attached hydrogens (tertiary/aromatic N) is 1. The molecule has 0 aliphatic carbocycles. The van der Waals surface area contributed by atoms with E-state index < -0.39 is 5.97 Å². The molecule has 0 amide bonds. The van der Waals surface area contributed by atoms with Crippen LogP contribution in [0.3, 0.4) is 0 Å². The zero-order valence-electron chi connectivity index (χ0n) is 10.4. The summed E-state index contributed by atoms with van der Waals surface area (Å²) in [4.78, 5) is 14.9. The van der Waals surface area contributed by atoms with Crippen molar-refractivity contribution in [3.05, 3.63) is 52.7 Å². The lowest BCUT2D eigenvalue weighted by molar-refractivity contribution is 0.0691. The molecular formula is C14H13ClN2O2. The summed E-state index contributed by atoms with van der Waals surface area (Å²) in [7, 11) is 0. The molecule has 2 rings (SSSR count). The molecule has 0 unspecified atom stereocenters. The number of carboxylic acids is 1. The Balaban J connectivity index is 2.28. The van der Waals surface area contributed by atoms with Crippen molar-refractivity contribution in [3.8, 4) is 0 Å². The van der Waals surface area contributed by atoms with E-state index in [-0.39, 0.29) is 10.7 Å². The van der Waals surface area contributed by atoms with Gasteiger partial charge in [-0.1, -0.05) is 30.7 Å². The maximum Gasteiger partial charge on any atom is 0.356 e. The highest BCUT2D eigenvalue weighted by atomic mass is 35.5. The van der Waals surface area contributed by atoms with Crippen molar-refractivity contribution >= 4 is 29.1 Å². The van der Waals surface area contributed by atoms with Gasteiger partial charge in [-0.3, -0.25) is 0 Å². The number of aryl methyl sites for hydroxylation is 1. The van der Waals surface area contributed by atoms with Crippen LogP contribution in [0.1, 0.15) is 23.0 Å². The highest BCUT2D eigenvalue weighted by molar-refractivity contribution is 6.33. The normalized spacial score (nSPS) is 10.2. The molecule has 0 aliphatic rings. The summed E-state index contributed by atoms with van der Waals surface area (Å²) < 4.78 is 0. The fraction of sp³-hybridized carbons (Fsp3) is 0.143. The molecule has 0 radical (unpaired) electrons. The maximum atomic E-state index is 11.0. The van der Waals surface area contributed by atoms with E-state index in [1.54, 1.807) is 6.07 Å². The van der Waals surface area contributed by atoms with E-state index in [4.69, 9.17) is 16.7 Å². The van der Waals surface area contributed by atoms with Crippen LogP contribution >= 0.6 is 11.6 Å². The first-order chi connectivity index (χ1) is 9.10. The van der Waals surface area contributed by atoms with Crippen LogP contribution < -0.4 is 5.32 Å². The van der Waals surface area contributed by atoms with E-state index in [1.165, 1.54) is 11.6 Å². The van der Waals surface area contributed by atoms with Crippen LogP contribution in [0.4, 0.5) is 11.5 Å². The Morgan fingerprint density at radius 1 is 1.37 bits per heavy atom. The number of hydrogen-bond donors (Lipinski definition) is 2. The first-order valence-electron chi connectivity index (χ1n) is 5.86. The second kappa shape index (κ2) is 5.71. The summed E-state index contributed by atoms with van der Waals surface area (Å²) in [6, 6.07) is 11.0. The Morgan fingerprint density at radius 2 is 2.16 bits per heavy atom. The van der Waals surface area contributed by atoms with Gasteiger partial charge in [0.25, 0.3) is 0 Å². The molecule has 19 heavy (non-hydrogen) atoms. The number of carbonyl (C=O) groups is 1. The topological polar surface area (TPSA) is 62.2 Å². The van der Waals surface area contributed by atoms with Crippen molar-refractivity contribution in [3.63, 3.8) is 0 Å². The van der Waals surface area contributed by atoms with Crippen LogP contribution in [0.2, 0.25) is 5.02 Å². The number of nitrogens with one attached hydrogen (secondary N) is 1. The summed E-state index contributed by atoms with van der Waals surface area (Å²) >= 11 is 5.77. The van der Waals surface area contributed by atoms with Crippen molar-refractivity contribution in [2.24, 2.45) is 0 Å². The zero-order chi connectivity index (χ0) is 13.8. The first-order valence-corrected chi connectivity index (χ1v) is 6.23. The number of pyridine rings is 1. The molecule has 0 bridgehead atoms. The lowest BCUT2D eigenvalue weighted by Gasteiger charge is -2.08. The Hall–Kier alpha value is -2.07. The molecular weight excluding hydrogens is 264 g/mol. The van der Waals surface area contributed by atoms with Gasteiger partial charge in [-0.15, -0.1) is 0 Å². The average Bonchev–Trinajstić information content (AvgIpc) is 2.41. The zero-order valence-corrected chi connectivity index (χ0v) is 11.1. The second-order valence-corrected chi connectivity index (χ2v) is 4.42. The van der Waals surface area contributed by atoms with Gasteiger partial charge in [0.2, 0.25) is 0 Å². The molecule has 2 aromatic rings. The third kappa shape index (κ3) is 3.23. The van der Waals surface area contributed by atoms with Crippen LogP contribution in [0, 0.1) is 0 Å². The minimum absolute atomic E-state index is 0.125. The third-order valence-electron chi connectivity index (χ3n) is 2.66. The molecule has 0 spiro atoms. The maximum absolute atomic E-state index is 11.0. The molecule has 0 fully saturated rings. The van der Waals surface area contributed by atoms with Crippen LogP contribution in [-0.4, -0.2) is 16.1 Å². The Morgan fingerprint density at radius 3 is 2.84 bits per heavy atom. The van der Waals surface area contributed by atoms with Gasteiger partial charge in [0, 0.05) is 5.69 Å². The van der Waals surface area contributed by atoms with Gasteiger partial charge >= 0.3 is 5.97 Å². The molecule has 5 heteroatoms. The number of hydrogen-bond acceptors (Lipinski definition) is 3. The van der Waals surface area contributed by atoms with Crippen molar-refractivity contribution in [2.45, 2.75) is 13.3 Å². The van der Waals surface area contributed by atoms with Gasteiger partial charge < -0.3 is 10.4 Å². The molecule has 1 heterocycles. The first kappa shape index (κ1) is 13.4. The smallest absolute Gasteiger partial charge is 0.356 e.